The molecule has 0 saturated heterocycles. The Hall–Kier alpha value is -1.76. The average Bonchev–Trinajstić information content (AvgIpc) is 2.45. The lowest BCUT2D eigenvalue weighted by Crippen LogP contribution is -2.31. The van der Waals surface area contributed by atoms with Gasteiger partial charge in [0, 0.05) is 0 Å². The van der Waals surface area contributed by atoms with Crippen molar-refractivity contribution in [2.75, 3.05) is 6.61 Å². The molecule has 112 valence electrons. The molecule has 0 amide bonds. The Labute approximate surface area is 123 Å². The molecule has 0 aromatic heterocycles. The normalized spacial score (nSPS) is 13.1. The van der Waals surface area contributed by atoms with Crippen molar-refractivity contribution in [2.45, 2.75) is 17.9 Å². The van der Waals surface area contributed by atoms with Crippen LogP contribution < -0.4 is 4.72 Å². The molecule has 0 aliphatic rings. The average molecular weight is 309 g/mol. The minimum atomic E-state index is -3.84. The van der Waals surface area contributed by atoms with E-state index in [9.17, 15) is 17.9 Å². The topological polar surface area (TPSA) is 66.4 Å². The number of hydrogen-bond acceptors (Lipinski definition) is 3. The van der Waals surface area contributed by atoms with Crippen molar-refractivity contribution >= 4 is 10.0 Å². The molecule has 4 nitrogen and oxygen atoms in total. The second-order valence-corrected chi connectivity index (χ2v) is 6.36. The molecule has 1 atom stereocenters. The maximum absolute atomic E-state index is 13.1. The first-order chi connectivity index (χ1) is 9.94. The van der Waals surface area contributed by atoms with Crippen molar-refractivity contribution in [1.29, 1.82) is 0 Å². The van der Waals surface area contributed by atoms with E-state index >= 15 is 0 Å². The van der Waals surface area contributed by atoms with E-state index in [2.05, 4.69) is 4.72 Å². The molecule has 21 heavy (non-hydrogen) atoms. The molecule has 0 aliphatic carbocycles. The van der Waals surface area contributed by atoms with E-state index in [0.717, 1.165) is 12.1 Å². The number of halogens is 1. The van der Waals surface area contributed by atoms with Gasteiger partial charge in [0.2, 0.25) is 10.0 Å². The van der Waals surface area contributed by atoms with Crippen LogP contribution in [0.25, 0.3) is 0 Å². The van der Waals surface area contributed by atoms with Crippen molar-refractivity contribution in [2.24, 2.45) is 0 Å². The molecule has 2 rings (SSSR count). The van der Waals surface area contributed by atoms with Crippen LogP contribution >= 0.6 is 0 Å². The van der Waals surface area contributed by atoms with Crippen molar-refractivity contribution in [3.05, 3.63) is 65.5 Å². The smallest absolute Gasteiger partial charge is 0.241 e. The van der Waals surface area contributed by atoms with Gasteiger partial charge in [0.05, 0.1) is 17.5 Å². The van der Waals surface area contributed by atoms with Gasteiger partial charge in [-0.1, -0.05) is 30.3 Å². The van der Waals surface area contributed by atoms with Gasteiger partial charge in [0.25, 0.3) is 0 Å². The van der Waals surface area contributed by atoms with E-state index in [4.69, 9.17) is 0 Å². The van der Waals surface area contributed by atoms with E-state index in [1.165, 1.54) is 13.0 Å². The van der Waals surface area contributed by atoms with E-state index in [1.807, 2.05) is 0 Å². The molecule has 2 aromatic carbocycles. The van der Waals surface area contributed by atoms with E-state index in [0.29, 0.717) is 11.1 Å². The van der Waals surface area contributed by atoms with Gasteiger partial charge in [-0.25, -0.2) is 17.5 Å². The highest BCUT2D eigenvalue weighted by atomic mass is 32.2. The minimum absolute atomic E-state index is 0.00159. The van der Waals surface area contributed by atoms with Gasteiger partial charge in [-0.3, -0.25) is 0 Å². The highest BCUT2D eigenvalue weighted by Gasteiger charge is 2.22. The SMILES string of the molecule is Cc1cc(F)ccc1S(=O)(=O)N[C@H](CO)c1ccccc1. The molecular weight excluding hydrogens is 293 g/mol. The summed E-state index contributed by atoms with van der Waals surface area (Å²) in [5.41, 5.74) is 0.968. The first kappa shape index (κ1) is 15.6. The Morgan fingerprint density at radius 1 is 1.19 bits per heavy atom. The van der Waals surface area contributed by atoms with Gasteiger partial charge in [-0.2, -0.15) is 0 Å². The molecule has 6 heteroatoms. The first-order valence-electron chi connectivity index (χ1n) is 6.38. The summed E-state index contributed by atoms with van der Waals surface area (Å²) in [5, 5.41) is 9.42. The zero-order valence-electron chi connectivity index (χ0n) is 11.5. The summed E-state index contributed by atoms with van der Waals surface area (Å²) in [6, 6.07) is 11.5. The largest absolute Gasteiger partial charge is 0.394 e. The molecule has 0 unspecified atom stereocenters. The van der Waals surface area contributed by atoms with Gasteiger partial charge in [0.15, 0.2) is 0 Å². The summed E-state index contributed by atoms with van der Waals surface area (Å²) in [7, 11) is -3.84. The van der Waals surface area contributed by atoms with Crippen molar-refractivity contribution in [3.63, 3.8) is 0 Å². The highest BCUT2D eigenvalue weighted by Crippen LogP contribution is 2.20. The fraction of sp³-hybridized carbons (Fsp3) is 0.200. The second kappa shape index (κ2) is 6.34. The summed E-state index contributed by atoms with van der Waals surface area (Å²) >= 11 is 0. The van der Waals surface area contributed by atoms with Crippen LogP contribution in [0.3, 0.4) is 0 Å². The molecule has 2 aromatic rings. The van der Waals surface area contributed by atoms with Gasteiger partial charge in [0.1, 0.15) is 5.82 Å². The molecule has 0 fully saturated rings. The number of rotatable bonds is 5. The van der Waals surface area contributed by atoms with Gasteiger partial charge < -0.3 is 5.11 Å². The minimum Gasteiger partial charge on any atom is -0.394 e. The molecule has 0 radical (unpaired) electrons. The third-order valence-corrected chi connectivity index (χ3v) is 4.74. The fourth-order valence-corrected chi connectivity index (χ4v) is 3.50. The number of aliphatic hydroxyl groups excluding tert-OH is 1. The second-order valence-electron chi connectivity index (χ2n) is 4.68. The van der Waals surface area contributed by atoms with Crippen LogP contribution in [0.1, 0.15) is 17.2 Å². The summed E-state index contributed by atoms with van der Waals surface area (Å²) in [6.07, 6.45) is 0. The Bertz CT molecular complexity index is 717. The number of sulfonamides is 1. The monoisotopic (exact) mass is 309 g/mol. The Balaban J connectivity index is 2.32. The van der Waals surface area contributed by atoms with Crippen LogP contribution in [-0.4, -0.2) is 20.1 Å². The van der Waals surface area contributed by atoms with Crippen LogP contribution in [0.2, 0.25) is 0 Å². The lowest BCUT2D eigenvalue weighted by molar-refractivity contribution is 0.259. The Kier molecular flexibility index (Phi) is 4.72. The zero-order chi connectivity index (χ0) is 15.5. The molecule has 0 bridgehead atoms. The molecule has 2 N–H and O–H groups in total. The number of hydrogen-bond donors (Lipinski definition) is 2. The van der Waals surface area contributed by atoms with Crippen LogP contribution in [0, 0.1) is 12.7 Å². The van der Waals surface area contributed by atoms with Gasteiger partial charge >= 0.3 is 0 Å². The number of aliphatic hydroxyl groups is 1. The molecule has 0 heterocycles. The molecule has 0 aliphatic heterocycles. The van der Waals surface area contributed by atoms with Gasteiger partial charge in [-0.15, -0.1) is 0 Å². The Morgan fingerprint density at radius 2 is 1.86 bits per heavy atom. The number of benzene rings is 2. The number of aryl methyl sites for hydroxylation is 1. The van der Waals surface area contributed by atoms with Crippen molar-refractivity contribution < 1.29 is 17.9 Å². The van der Waals surface area contributed by atoms with E-state index < -0.39 is 21.9 Å². The predicted molar refractivity (Wildman–Crippen MR) is 77.7 cm³/mol. The van der Waals surface area contributed by atoms with E-state index in [1.54, 1.807) is 30.3 Å². The first-order valence-corrected chi connectivity index (χ1v) is 7.86. The summed E-state index contributed by atoms with van der Waals surface area (Å²) in [6.45, 7) is 1.15. The Morgan fingerprint density at radius 3 is 2.43 bits per heavy atom. The summed E-state index contributed by atoms with van der Waals surface area (Å²) in [4.78, 5) is -0.00159. The van der Waals surface area contributed by atoms with Crippen LogP contribution in [0.5, 0.6) is 0 Å². The highest BCUT2D eigenvalue weighted by molar-refractivity contribution is 7.89. The third kappa shape index (κ3) is 3.66. The summed E-state index contributed by atoms with van der Waals surface area (Å²) in [5.74, 6) is -0.492. The lowest BCUT2D eigenvalue weighted by Gasteiger charge is -2.17. The third-order valence-electron chi connectivity index (χ3n) is 3.11. The van der Waals surface area contributed by atoms with Crippen LogP contribution in [-0.2, 0) is 10.0 Å². The maximum atomic E-state index is 13.1. The standard InChI is InChI=1S/C15H16FNO3S/c1-11-9-13(16)7-8-15(11)21(19,20)17-14(10-18)12-5-3-2-4-6-12/h2-9,14,17-18H,10H2,1H3/t14-/m1/s1. The molecule has 0 saturated carbocycles. The number of nitrogens with one attached hydrogen (secondary N) is 1. The predicted octanol–water partition coefficient (Wildman–Crippen LogP) is 2.15. The lowest BCUT2D eigenvalue weighted by atomic mass is 10.1. The van der Waals surface area contributed by atoms with Crippen LogP contribution in [0.4, 0.5) is 4.39 Å². The van der Waals surface area contributed by atoms with Crippen LogP contribution in [0.15, 0.2) is 53.4 Å². The van der Waals surface area contributed by atoms with Crippen molar-refractivity contribution in [3.8, 4) is 0 Å². The zero-order valence-corrected chi connectivity index (χ0v) is 12.3. The quantitative estimate of drug-likeness (QED) is 0.889. The molecule has 0 spiro atoms. The molecular formula is C15H16FNO3S. The maximum Gasteiger partial charge on any atom is 0.241 e. The van der Waals surface area contributed by atoms with Crippen molar-refractivity contribution in [1.82, 2.24) is 4.72 Å². The van der Waals surface area contributed by atoms with Gasteiger partial charge in [-0.05, 0) is 36.2 Å². The summed E-state index contributed by atoms with van der Waals surface area (Å²) < 4.78 is 40.2. The van der Waals surface area contributed by atoms with E-state index in [-0.39, 0.29) is 11.5 Å². The fourth-order valence-electron chi connectivity index (χ4n) is 2.06.